The molecule has 2 aromatic carbocycles. The van der Waals surface area contributed by atoms with Gasteiger partial charge < -0.3 is 24.8 Å². The molecule has 6 rings (SSSR count). The molecule has 1 amide bonds. The Hall–Kier alpha value is -4.23. The summed E-state index contributed by atoms with van der Waals surface area (Å²) in [6.45, 7) is 6.78. The molecule has 226 valence electrons. The monoisotopic (exact) mass is 594 g/mol. The van der Waals surface area contributed by atoms with Crippen LogP contribution in [0.2, 0.25) is 0 Å². The molecule has 0 spiro atoms. The smallest absolute Gasteiger partial charge is 0.379 e. The fourth-order valence-corrected chi connectivity index (χ4v) is 5.62. The van der Waals surface area contributed by atoms with Gasteiger partial charge in [-0.2, -0.15) is 23.1 Å². The Labute approximate surface area is 246 Å². The van der Waals surface area contributed by atoms with Crippen LogP contribution in [0.1, 0.15) is 30.9 Å². The third kappa shape index (κ3) is 6.73. The summed E-state index contributed by atoms with van der Waals surface area (Å²) in [5.74, 6) is 0.937. The first-order chi connectivity index (χ1) is 20.7. The molecule has 0 unspecified atom stereocenters. The summed E-state index contributed by atoms with van der Waals surface area (Å²) in [5.41, 5.74) is 2.57. The lowest BCUT2D eigenvalue weighted by Gasteiger charge is -2.40. The van der Waals surface area contributed by atoms with Gasteiger partial charge in [0.2, 0.25) is 11.9 Å². The Morgan fingerprint density at radius 3 is 2.28 bits per heavy atom. The zero-order chi connectivity index (χ0) is 30.0. The second kappa shape index (κ2) is 12.2. The van der Waals surface area contributed by atoms with Crippen molar-refractivity contribution in [2.45, 2.75) is 38.5 Å². The molecular formula is C30H33F3N8O2. The number of imidazole rings is 1. The van der Waals surface area contributed by atoms with Crippen molar-refractivity contribution in [1.29, 1.82) is 0 Å². The summed E-state index contributed by atoms with van der Waals surface area (Å²) in [7, 11) is 0. The van der Waals surface area contributed by atoms with Crippen molar-refractivity contribution in [2.75, 3.05) is 54.9 Å². The van der Waals surface area contributed by atoms with Crippen molar-refractivity contribution >= 4 is 40.2 Å². The number of carbonyl (C=O) groups is 1. The molecule has 0 radical (unpaired) electrons. The van der Waals surface area contributed by atoms with Crippen molar-refractivity contribution in [3.8, 4) is 0 Å². The molecule has 2 aromatic heterocycles. The van der Waals surface area contributed by atoms with Crippen LogP contribution in [0.15, 0.2) is 54.9 Å². The van der Waals surface area contributed by atoms with Crippen LogP contribution in [0.3, 0.4) is 0 Å². The van der Waals surface area contributed by atoms with E-state index >= 15 is 0 Å². The molecule has 10 nitrogen and oxygen atoms in total. The summed E-state index contributed by atoms with van der Waals surface area (Å²) >= 11 is 0. The van der Waals surface area contributed by atoms with E-state index in [1.165, 1.54) is 19.1 Å². The van der Waals surface area contributed by atoms with E-state index in [2.05, 4.69) is 25.4 Å². The minimum atomic E-state index is -4.39. The molecule has 2 saturated heterocycles. The molecule has 4 aromatic rings. The molecule has 2 aliphatic rings. The highest BCUT2D eigenvalue weighted by atomic mass is 19.4. The van der Waals surface area contributed by atoms with Gasteiger partial charge in [0.05, 0.1) is 31.6 Å². The zero-order valence-corrected chi connectivity index (χ0v) is 23.8. The number of hydrogen-bond acceptors (Lipinski definition) is 8. The van der Waals surface area contributed by atoms with Gasteiger partial charge >= 0.3 is 6.18 Å². The van der Waals surface area contributed by atoms with E-state index < -0.39 is 11.7 Å². The summed E-state index contributed by atoms with van der Waals surface area (Å²) in [6.07, 6.45) is -0.784. The molecule has 0 atom stereocenters. The molecule has 0 aliphatic carbocycles. The van der Waals surface area contributed by atoms with Gasteiger partial charge in [-0.3, -0.25) is 9.69 Å². The number of benzene rings is 2. The van der Waals surface area contributed by atoms with Crippen LogP contribution < -0.4 is 15.5 Å². The number of nitrogens with zero attached hydrogens (tertiary/aromatic N) is 6. The van der Waals surface area contributed by atoms with Crippen LogP contribution in [-0.4, -0.2) is 75.8 Å². The number of amides is 1. The fourth-order valence-electron chi connectivity index (χ4n) is 5.62. The number of carbonyl (C=O) groups excluding carboxylic acids is 1. The van der Waals surface area contributed by atoms with Crippen LogP contribution >= 0.6 is 0 Å². The van der Waals surface area contributed by atoms with Crippen LogP contribution in [0.5, 0.6) is 0 Å². The van der Waals surface area contributed by atoms with Gasteiger partial charge in [0.1, 0.15) is 0 Å². The van der Waals surface area contributed by atoms with Crippen molar-refractivity contribution in [3.63, 3.8) is 0 Å². The van der Waals surface area contributed by atoms with E-state index in [9.17, 15) is 18.0 Å². The number of aromatic nitrogens is 4. The standard InChI is InChI=1S/C30H33F3N8O2/c1-20(42)35-23-6-8-24(9-7-23)36-27-26-28(41(19-34-26)18-21-2-4-22(5-3-21)30(31,32)33)38-29(37-27)40-12-10-25(11-13-40)39-14-16-43-17-15-39/h2-9,19,25H,10-18H2,1H3,(H,35,42)(H,36,37,38). The molecule has 43 heavy (non-hydrogen) atoms. The van der Waals surface area contributed by atoms with Crippen LogP contribution in [0.25, 0.3) is 11.2 Å². The first kappa shape index (κ1) is 28.9. The third-order valence-electron chi connectivity index (χ3n) is 7.86. The number of fused-ring (bicyclic) bond motifs is 1. The maximum absolute atomic E-state index is 13.1. The summed E-state index contributed by atoms with van der Waals surface area (Å²) in [6, 6.07) is 12.9. The molecule has 13 heteroatoms. The van der Waals surface area contributed by atoms with Gasteiger partial charge in [-0.25, -0.2) is 4.98 Å². The average molecular weight is 595 g/mol. The van der Waals surface area contributed by atoms with Crippen molar-refractivity contribution in [1.82, 2.24) is 24.4 Å². The zero-order valence-electron chi connectivity index (χ0n) is 23.8. The number of alkyl halides is 3. The van der Waals surface area contributed by atoms with E-state index in [1.807, 2.05) is 16.7 Å². The topological polar surface area (TPSA) is 100 Å². The first-order valence-electron chi connectivity index (χ1n) is 14.3. The molecule has 0 saturated carbocycles. The molecule has 4 heterocycles. The highest BCUT2D eigenvalue weighted by molar-refractivity contribution is 5.89. The first-order valence-corrected chi connectivity index (χ1v) is 14.3. The van der Waals surface area contributed by atoms with Crippen molar-refractivity contribution in [2.24, 2.45) is 0 Å². The lowest BCUT2D eigenvalue weighted by molar-refractivity contribution is -0.137. The van der Waals surface area contributed by atoms with Gasteiger partial charge in [0.25, 0.3) is 0 Å². The number of anilines is 4. The number of morpholine rings is 1. The maximum Gasteiger partial charge on any atom is 0.416 e. The van der Waals surface area contributed by atoms with E-state index in [0.29, 0.717) is 46.8 Å². The lowest BCUT2D eigenvalue weighted by Crippen LogP contribution is -2.49. The Morgan fingerprint density at radius 1 is 0.953 bits per heavy atom. The predicted molar refractivity (Wildman–Crippen MR) is 158 cm³/mol. The number of piperidine rings is 1. The molecule has 0 bridgehead atoms. The Morgan fingerprint density at radius 2 is 1.63 bits per heavy atom. The number of halogens is 3. The van der Waals surface area contributed by atoms with Gasteiger partial charge in [-0.15, -0.1) is 0 Å². The van der Waals surface area contributed by atoms with Crippen molar-refractivity contribution < 1.29 is 22.7 Å². The number of hydrogen-bond donors (Lipinski definition) is 2. The molecule has 2 fully saturated rings. The van der Waals surface area contributed by atoms with Gasteiger partial charge in [-0.1, -0.05) is 12.1 Å². The lowest BCUT2D eigenvalue weighted by atomic mass is 10.0. The minimum Gasteiger partial charge on any atom is -0.379 e. The van der Waals surface area contributed by atoms with Crippen molar-refractivity contribution in [3.05, 3.63) is 66.0 Å². The third-order valence-corrected chi connectivity index (χ3v) is 7.86. The SMILES string of the molecule is CC(=O)Nc1ccc(Nc2nc(N3CCC(N4CCOCC4)CC3)nc3c2ncn3Cc2ccc(C(F)(F)F)cc2)cc1. The van der Waals surface area contributed by atoms with E-state index in [1.54, 1.807) is 18.5 Å². The Kier molecular flexibility index (Phi) is 8.17. The summed E-state index contributed by atoms with van der Waals surface area (Å²) in [4.78, 5) is 30.5. The number of nitrogens with one attached hydrogen (secondary N) is 2. The van der Waals surface area contributed by atoms with E-state index in [0.717, 1.165) is 70.1 Å². The van der Waals surface area contributed by atoms with Gasteiger partial charge in [0.15, 0.2) is 17.0 Å². The molecule has 2 N–H and O–H groups in total. The van der Waals surface area contributed by atoms with Crippen LogP contribution in [0.4, 0.5) is 36.3 Å². The molecule has 2 aliphatic heterocycles. The quantitative estimate of drug-likeness (QED) is 0.312. The summed E-state index contributed by atoms with van der Waals surface area (Å²) < 4.78 is 46.6. The number of rotatable bonds is 7. The van der Waals surface area contributed by atoms with Gasteiger partial charge in [0, 0.05) is 50.5 Å². The van der Waals surface area contributed by atoms with Gasteiger partial charge in [-0.05, 0) is 54.8 Å². The van der Waals surface area contributed by atoms with Crippen LogP contribution in [-0.2, 0) is 22.3 Å². The summed E-state index contributed by atoms with van der Waals surface area (Å²) in [5, 5.41) is 6.11. The Bertz CT molecular complexity index is 1560. The highest BCUT2D eigenvalue weighted by Crippen LogP contribution is 2.31. The molecular weight excluding hydrogens is 561 g/mol. The fraction of sp³-hybridized carbons (Fsp3) is 0.400. The minimum absolute atomic E-state index is 0.154. The van der Waals surface area contributed by atoms with E-state index in [-0.39, 0.29) is 5.91 Å². The Balaban J connectivity index is 1.28. The highest BCUT2D eigenvalue weighted by Gasteiger charge is 2.30. The maximum atomic E-state index is 13.1. The average Bonchev–Trinajstić information content (AvgIpc) is 3.41. The second-order valence-electron chi connectivity index (χ2n) is 10.9. The second-order valence-corrected chi connectivity index (χ2v) is 10.9. The predicted octanol–water partition coefficient (Wildman–Crippen LogP) is 4.90. The number of ether oxygens (including phenoxy) is 1. The van der Waals surface area contributed by atoms with E-state index in [4.69, 9.17) is 14.7 Å². The van der Waals surface area contributed by atoms with Crippen LogP contribution in [0, 0.1) is 0 Å². The largest absolute Gasteiger partial charge is 0.416 e. The normalized spacial score (nSPS) is 16.9.